The smallest absolute Gasteiger partial charge is 0.313 e. The number of rotatable bonds is 10. The summed E-state index contributed by atoms with van der Waals surface area (Å²) in [5.41, 5.74) is 3.60. The van der Waals surface area contributed by atoms with Crippen molar-refractivity contribution in [2.75, 3.05) is 0 Å². The maximum atomic E-state index is 15.1. The first kappa shape index (κ1) is 30.7. The summed E-state index contributed by atoms with van der Waals surface area (Å²) in [5.74, 6) is -2.77. The molecule has 5 rings (SSSR count). The molecule has 0 radical (unpaired) electrons. The third-order valence-corrected chi connectivity index (χ3v) is 9.53. The molecule has 0 amide bonds. The topological polar surface area (TPSA) is 9.23 Å². The first-order valence-electron chi connectivity index (χ1n) is 15.6. The highest BCUT2D eigenvalue weighted by molar-refractivity contribution is 5.64. The summed E-state index contributed by atoms with van der Waals surface area (Å²) in [4.78, 5) is 0. The normalized spacial score (nSPS) is 23.2. The van der Waals surface area contributed by atoms with Crippen molar-refractivity contribution < 1.29 is 26.7 Å². The Morgan fingerprint density at radius 3 is 1.76 bits per heavy atom. The number of ether oxygens (including phenoxy) is 1. The van der Waals surface area contributed by atoms with Gasteiger partial charge in [0, 0.05) is 0 Å². The van der Waals surface area contributed by atoms with Crippen LogP contribution in [0.3, 0.4) is 0 Å². The molecule has 0 heterocycles. The van der Waals surface area contributed by atoms with Gasteiger partial charge in [0.1, 0.15) is 0 Å². The van der Waals surface area contributed by atoms with Gasteiger partial charge in [-0.15, -0.1) is 0 Å². The largest absolute Gasteiger partial charge is 0.383 e. The lowest BCUT2D eigenvalue weighted by molar-refractivity contribution is -0.278. The number of unbranched alkanes of at least 4 members (excludes halogenated alkanes) is 2. The van der Waals surface area contributed by atoms with E-state index >= 15 is 8.78 Å². The molecule has 0 unspecified atom stereocenters. The van der Waals surface area contributed by atoms with Crippen molar-refractivity contribution in [1.82, 2.24) is 0 Å². The van der Waals surface area contributed by atoms with Gasteiger partial charge in [0.25, 0.3) is 0 Å². The quantitative estimate of drug-likeness (QED) is 0.131. The van der Waals surface area contributed by atoms with Crippen LogP contribution in [0, 0.1) is 29.3 Å². The van der Waals surface area contributed by atoms with Crippen LogP contribution in [0.25, 0.3) is 11.1 Å². The first-order valence-corrected chi connectivity index (χ1v) is 15.6. The van der Waals surface area contributed by atoms with Gasteiger partial charge in [0.2, 0.25) is 0 Å². The molecule has 0 spiro atoms. The number of benzene rings is 3. The summed E-state index contributed by atoms with van der Waals surface area (Å²) in [6.07, 6.45) is 7.10. The van der Waals surface area contributed by atoms with E-state index in [-0.39, 0.29) is 11.5 Å². The van der Waals surface area contributed by atoms with Gasteiger partial charge in [-0.2, -0.15) is 8.78 Å². The van der Waals surface area contributed by atoms with Crippen LogP contribution >= 0.6 is 0 Å². The minimum absolute atomic E-state index is 0.0190. The van der Waals surface area contributed by atoms with Crippen molar-refractivity contribution >= 4 is 0 Å². The number of alkyl halides is 2. The summed E-state index contributed by atoms with van der Waals surface area (Å²) in [6.45, 7) is 2.19. The van der Waals surface area contributed by atoms with E-state index in [0.29, 0.717) is 30.2 Å². The second-order valence-electron chi connectivity index (χ2n) is 12.3. The van der Waals surface area contributed by atoms with E-state index in [9.17, 15) is 13.2 Å². The van der Waals surface area contributed by atoms with Crippen LogP contribution in [0.15, 0.2) is 60.7 Å². The molecule has 42 heavy (non-hydrogen) atoms. The SMILES string of the molecule is CCCCCc1ccc(-c2ccc(C(F)(F)OC3CCC(C4CCC(c5cc(F)c(F)c(F)c5)CC4)CC3)cc2)cc1. The van der Waals surface area contributed by atoms with Crippen LogP contribution in [0.1, 0.15) is 100 Å². The molecule has 0 bridgehead atoms. The maximum Gasteiger partial charge on any atom is 0.383 e. The summed E-state index contributed by atoms with van der Waals surface area (Å²) in [5, 5.41) is 0. The van der Waals surface area contributed by atoms with Gasteiger partial charge < -0.3 is 4.74 Å². The van der Waals surface area contributed by atoms with E-state index in [1.54, 1.807) is 12.1 Å². The molecule has 2 fully saturated rings. The van der Waals surface area contributed by atoms with E-state index in [1.807, 2.05) is 0 Å². The van der Waals surface area contributed by atoms with Crippen LogP contribution in [0.4, 0.5) is 22.0 Å². The summed E-state index contributed by atoms with van der Waals surface area (Å²) >= 11 is 0. The molecule has 2 aliphatic carbocycles. The second kappa shape index (κ2) is 13.7. The van der Waals surface area contributed by atoms with Crippen LogP contribution in [-0.4, -0.2) is 6.10 Å². The lowest BCUT2D eigenvalue weighted by Gasteiger charge is -2.38. The lowest BCUT2D eigenvalue weighted by atomic mass is 9.69. The molecule has 3 aromatic rings. The average molecular weight is 585 g/mol. The first-order chi connectivity index (χ1) is 20.2. The van der Waals surface area contributed by atoms with Gasteiger partial charge in [0.15, 0.2) is 17.5 Å². The van der Waals surface area contributed by atoms with Crippen molar-refractivity contribution in [1.29, 1.82) is 0 Å². The van der Waals surface area contributed by atoms with Gasteiger partial charge >= 0.3 is 6.11 Å². The van der Waals surface area contributed by atoms with Gasteiger partial charge in [-0.05, 0) is 128 Å². The molecule has 0 saturated heterocycles. The highest BCUT2D eigenvalue weighted by atomic mass is 19.3. The van der Waals surface area contributed by atoms with E-state index in [4.69, 9.17) is 4.74 Å². The molecule has 0 aliphatic heterocycles. The predicted octanol–water partition coefficient (Wildman–Crippen LogP) is 11.1. The van der Waals surface area contributed by atoms with Gasteiger partial charge in [0.05, 0.1) is 11.7 Å². The molecule has 0 atom stereocenters. The number of halogens is 5. The Labute approximate surface area is 246 Å². The number of hydrogen-bond acceptors (Lipinski definition) is 1. The Kier molecular flexibility index (Phi) is 10.0. The highest BCUT2D eigenvalue weighted by Gasteiger charge is 2.39. The Bertz CT molecular complexity index is 1260. The van der Waals surface area contributed by atoms with Crippen molar-refractivity contribution in [2.45, 2.75) is 102 Å². The van der Waals surface area contributed by atoms with E-state index < -0.39 is 29.7 Å². The molecule has 2 aliphatic rings. The van der Waals surface area contributed by atoms with E-state index in [0.717, 1.165) is 68.2 Å². The van der Waals surface area contributed by atoms with Crippen LogP contribution in [-0.2, 0) is 17.3 Å². The zero-order valence-electron chi connectivity index (χ0n) is 24.4. The fraction of sp³-hybridized carbons (Fsp3) is 0.500. The standard InChI is InChI=1S/C36H41F5O/c1-2-3-4-5-24-6-8-25(9-7-24)27-14-18-31(19-15-27)36(40,41)42-32-20-16-28(17-21-32)26-10-12-29(13-11-26)30-22-33(37)35(39)34(38)23-30/h6-9,14-15,18-19,22-23,26,28-29,32H,2-5,10-13,16-17,20-21H2,1H3. The molecule has 6 heteroatoms. The van der Waals surface area contributed by atoms with Crippen molar-refractivity contribution in [3.05, 3.63) is 94.8 Å². The van der Waals surface area contributed by atoms with Crippen LogP contribution in [0.5, 0.6) is 0 Å². The van der Waals surface area contributed by atoms with E-state index in [2.05, 4.69) is 31.2 Å². The Hall–Kier alpha value is -2.73. The Morgan fingerprint density at radius 2 is 1.21 bits per heavy atom. The Morgan fingerprint density at radius 1 is 0.690 bits per heavy atom. The van der Waals surface area contributed by atoms with Crippen LogP contribution < -0.4 is 0 Å². The molecular formula is C36H41F5O. The molecule has 2 saturated carbocycles. The van der Waals surface area contributed by atoms with Gasteiger partial charge in [-0.25, -0.2) is 13.2 Å². The molecule has 0 aromatic heterocycles. The van der Waals surface area contributed by atoms with Gasteiger partial charge in [-0.3, -0.25) is 0 Å². The summed E-state index contributed by atoms with van der Waals surface area (Å²) < 4.78 is 76.3. The molecule has 0 N–H and O–H groups in total. The number of hydrogen-bond donors (Lipinski definition) is 0. The monoisotopic (exact) mass is 584 g/mol. The maximum absolute atomic E-state index is 15.1. The van der Waals surface area contributed by atoms with Crippen LogP contribution in [0.2, 0.25) is 0 Å². The zero-order valence-corrected chi connectivity index (χ0v) is 24.4. The summed E-state index contributed by atoms with van der Waals surface area (Å²) in [6, 6.07) is 17.0. The average Bonchev–Trinajstić information content (AvgIpc) is 3.00. The van der Waals surface area contributed by atoms with Crippen molar-refractivity contribution in [2.24, 2.45) is 11.8 Å². The second-order valence-corrected chi connectivity index (χ2v) is 12.3. The summed E-state index contributed by atoms with van der Waals surface area (Å²) in [7, 11) is 0. The zero-order chi connectivity index (χ0) is 29.7. The fourth-order valence-corrected chi connectivity index (χ4v) is 6.99. The number of aryl methyl sites for hydroxylation is 1. The fourth-order valence-electron chi connectivity index (χ4n) is 6.99. The third kappa shape index (κ3) is 7.42. The third-order valence-electron chi connectivity index (χ3n) is 9.53. The Balaban J connectivity index is 1.09. The van der Waals surface area contributed by atoms with Crippen molar-refractivity contribution in [3.63, 3.8) is 0 Å². The molecule has 1 nitrogen and oxygen atoms in total. The lowest BCUT2D eigenvalue weighted by Crippen LogP contribution is -2.32. The minimum Gasteiger partial charge on any atom is -0.313 e. The van der Waals surface area contributed by atoms with E-state index in [1.165, 1.54) is 37.0 Å². The predicted molar refractivity (Wildman–Crippen MR) is 157 cm³/mol. The van der Waals surface area contributed by atoms with Gasteiger partial charge in [-0.1, -0.05) is 56.2 Å². The molecular weight excluding hydrogens is 543 g/mol. The van der Waals surface area contributed by atoms with Crippen molar-refractivity contribution in [3.8, 4) is 11.1 Å². The minimum atomic E-state index is -3.35. The molecule has 226 valence electrons. The highest BCUT2D eigenvalue weighted by Crippen LogP contribution is 2.45. The molecule has 3 aromatic carbocycles.